The second-order valence-electron chi connectivity index (χ2n) is 9.80. The molecule has 1 amide bonds. The summed E-state index contributed by atoms with van der Waals surface area (Å²) >= 11 is 1.06. The molecule has 2 aliphatic rings. The highest BCUT2D eigenvalue weighted by atomic mass is 32.1. The summed E-state index contributed by atoms with van der Waals surface area (Å²) in [4.78, 5) is 19.5. The molecule has 202 valence electrons. The predicted octanol–water partition coefficient (Wildman–Crippen LogP) is 4.47. The Bertz CT molecular complexity index is 1190. The molecule has 2 fully saturated rings. The highest BCUT2D eigenvalue weighted by Crippen LogP contribution is 2.30. The first-order valence-electron chi connectivity index (χ1n) is 13.2. The zero-order valence-corrected chi connectivity index (χ0v) is 22.5. The Labute approximate surface area is 227 Å². The second-order valence-corrected chi connectivity index (χ2v) is 10.4. The highest BCUT2D eigenvalue weighted by molar-refractivity contribution is 6.99. The molecule has 1 unspecified atom stereocenters. The van der Waals surface area contributed by atoms with Crippen LogP contribution in [0.5, 0.6) is 11.5 Å². The van der Waals surface area contributed by atoms with Crippen LogP contribution in [0.3, 0.4) is 0 Å². The van der Waals surface area contributed by atoms with Gasteiger partial charge in [-0.2, -0.15) is 8.75 Å². The smallest absolute Gasteiger partial charge is 0.275 e. The lowest BCUT2D eigenvalue weighted by molar-refractivity contribution is 0.0575. The Morgan fingerprint density at radius 3 is 2.61 bits per heavy atom. The molecular formula is C28H34FN5O3S. The average molecular weight is 540 g/mol. The molecule has 0 spiro atoms. The van der Waals surface area contributed by atoms with E-state index in [1.807, 2.05) is 23.1 Å². The van der Waals surface area contributed by atoms with Crippen molar-refractivity contribution in [3.05, 3.63) is 65.7 Å². The Balaban J connectivity index is 1.15. The fourth-order valence-electron chi connectivity index (χ4n) is 5.29. The number of carbonyl (C=O) groups excluding carboxylic acids is 1. The fraction of sp³-hybridized carbons (Fsp3) is 0.464. The van der Waals surface area contributed by atoms with Gasteiger partial charge in [0, 0.05) is 57.4 Å². The molecule has 1 aromatic heterocycles. The van der Waals surface area contributed by atoms with Crippen molar-refractivity contribution >= 4 is 23.3 Å². The standard InChI is InChI=1S/C28H34FN5O3S/c1-36-26-10-5-21(20-32-13-15-33(16-14-32)23-8-6-22(29)7-9-23)18-27(26)37-17-11-24-4-2-3-12-34(24)28(35)25-19-30-38-31-25/h5-10,18-19,24H,2-4,11-17,20H2,1H3. The van der Waals surface area contributed by atoms with E-state index in [0.29, 0.717) is 18.1 Å². The molecule has 0 N–H and O–H groups in total. The van der Waals surface area contributed by atoms with Gasteiger partial charge in [-0.05, 0) is 61.2 Å². The van der Waals surface area contributed by atoms with Gasteiger partial charge < -0.3 is 19.3 Å². The maximum atomic E-state index is 13.3. The van der Waals surface area contributed by atoms with Gasteiger partial charge in [-0.15, -0.1) is 0 Å². The van der Waals surface area contributed by atoms with E-state index in [0.717, 1.165) is 88.1 Å². The molecule has 8 nitrogen and oxygen atoms in total. The summed E-state index contributed by atoms with van der Waals surface area (Å²) in [6.45, 7) is 5.73. The molecule has 3 heterocycles. The van der Waals surface area contributed by atoms with Gasteiger partial charge in [0.1, 0.15) is 5.82 Å². The molecular weight excluding hydrogens is 505 g/mol. The third kappa shape index (κ3) is 6.42. The number of hydrogen-bond donors (Lipinski definition) is 0. The lowest BCUT2D eigenvalue weighted by Crippen LogP contribution is -2.45. The first-order chi connectivity index (χ1) is 18.6. The van der Waals surface area contributed by atoms with Crippen molar-refractivity contribution in [2.24, 2.45) is 0 Å². The SMILES string of the molecule is COc1ccc(CN2CCN(c3ccc(F)cc3)CC2)cc1OCCC1CCCCN1C(=O)c1cnsn1. The van der Waals surface area contributed by atoms with E-state index in [1.54, 1.807) is 13.3 Å². The number of nitrogens with zero attached hydrogens (tertiary/aromatic N) is 5. The number of amides is 1. The Kier molecular flexibility index (Phi) is 8.70. The quantitative estimate of drug-likeness (QED) is 0.397. The number of piperidine rings is 1. The molecule has 0 radical (unpaired) electrons. The van der Waals surface area contributed by atoms with Gasteiger partial charge in [0.05, 0.1) is 31.6 Å². The molecule has 0 saturated carbocycles. The number of methoxy groups -OCH3 is 1. The summed E-state index contributed by atoms with van der Waals surface area (Å²) < 4.78 is 33.1. The van der Waals surface area contributed by atoms with Gasteiger partial charge in [-0.1, -0.05) is 6.07 Å². The normalized spacial score (nSPS) is 18.4. The number of aromatic nitrogens is 2. The minimum Gasteiger partial charge on any atom is -0.493 e. The minimum atomic E-state index is -0.206. The van der Waals surface area contributed by atoms with Crippen LogP contribution in [0.1, 0.15) is 41.7 Å². The van der Waals surface area contributed by atoms with Gasteiger partial charge >= 0.3 is 0 Å². The van der Waals surface area contributed by atoms with Gasteiger partial charge in [0.15, 0.2) is 17.2 Å². The van der Waals surface area contributed by atoms with Crippen LogP contribution in [0.2, 0.25) is 0 Å². The van der Waals surface area contributed by atoms with Gasteiger partial charge in [-0.3, -0.25) is 9.69 Å². The van der Waals surface area contributed by atoms with Gasteiger partial charge in [0.2, 0.25) is 0 Å². The molecule has 10 heteroatoms. The molecule has 2 saturated heterocycles. The topological polar surface area (TPSA) is 71.0 Å². The lowest BCUT2D eigenvalue weighted by Gasteiger charge is -2.36. The van der Waals surface area contributed by atoms with Crippen LogP contribution < -0.4 is 14.4 Å². The second kappa shape index (κ2) is 12.5. The van der Waals surface area contributed by atoms with Crippen molar-refractivity contribution in [2.75, 3.05) is 51.3 Å². The molecule has 0 bridgehead atoms. The third-order valence-electron chi connectivity index (χ3n) is 7.38. The van der Waals surface area contributed by atoms with Crippen molar-refractivity contribution in [1.29, 1.82) is 0 Å². The Hall–Kier alpha value is -3.24. The predicted molar refractivity (Wildman–Crippen MR) is 146 cm³/mol. The number of ether oxygens (including phenoxy) is 2. The van der Waals surface area contributed by atoms with Crippen LogP contribution in [0.15, 0.2) is 48.7 Å². The van der Waals surface area contributed by atoms with E-state index >= 15 is 0 Å². The molecule has 3 aromatic rings. The number of hydrogen-bond acceptors (Lipinski definition) is 8. The van der Waals surface area contributed by atoms with Crippen LogP contribution in [-0.2, 0) is 6.54 Å². The molecule has 2 aliphatic heterocycles. The third-order valence-corrected chi connectivity index (χ3v) is 7.85. The number of halogens is 1. The summed E-state index contributed by atoms with van der Waals surface area (Å²) in [5.74, 6) is 1.19. The first-order valence-corrected chi connectivity index (χ1v) is 13.9. The number of anilines is 1. The first kappa shape index (κ1) is 26.4. The summed E-state index contributed by atoms with van der Waals surface area (Å²) in [7, 11) is 1.65. The maximum Gasteiger partial charge on any atom is 0.275 e. The number of piperazine rings is 1. The number of benzene rings is 2. The fourth-order valence-corrected chi connectivity index (χ4v) is 5.69. The van der Waals surface area contributed by atoms with Crippen molar-refractivity contribution in [1.82, 2.24) is 18.5 Å². The highest BCUT2D eigenvalue weighted by Gasteiger charge is 2.28. The zero-order chi connectivity index (χ0) is 26.3. The Morgan fingerprint density at radius 1 is 1.05 bits per heavy atom. The average Bonchev–Trinajstić information content (AvgIpc) is 3.49. The number of carbonyl (C=O) groups is 1. The molecule has 2 aromatic carbocycles. The molecule has 1 atom stereocenters. The summed E-state index contributed by atoms with van der Waals surface area (Å²) in [5.41, 5.74) is 2.66. The molecule has 0 aliphatic carbocycles. The van der Waals surface area contributed by atoms with E-state index in [2.05, 4.69) is 30.7 Å². The maximum absolute atomic E-state index is 13.3. The molecule has 5 rings (SSSR count). The van der Waals surface area contributed by atoms with Crippen molar-refractivity contribution in [2.45, 2.75) is 38.3 Å². The summed E-state index contributed by atoms with van der Waals surface area (Å²) in [5, 5.41) is 0. The van der Waals surface area contributed by atoms with Crippen molar-refractivity contribution in [3.8, 4) is 11.5 Å². The monoisotopic (exact) mass is 539 g/mol. The zero-order valence-electron chi connectivity index (χ0n) is 21.7. The number of rotatable bonds is 9. The van der Waals surface area contributed by atoms with Crippen LogP contribution in [0.4, 0.5) is 10.1 Å². The van der Waals surface area contributed by atoms with Crippen LogP contribution in [0.25, 0.3) is 0 Å². The van der Waals surface area contributed by atoms with E-state index in [4.69, 9.17) is 9.47 Å². The lowest BCUT2D eigenvalue weighted by atomic mass is 9.99. The summed E-state index contributed by atoms with van der Waals surface area (Å²) in [6, 6.07) is 13.0. The van der Waals surface area contributed by atoms with Crippen molar-refractivity contribution < 1.29 is 18.7 Å². The van der Waals surface area contributed by atoms with E-state index in [9.17, 15) is 9.18 Å². The van der Waals surface area contributed by atoms with Crippen LogP contribution >= 0.6 is 11.7 Å². The van der Waals surface area contributed by atoms with E-state index in [1.165, 1.54) is 17.7 Å². The number of likely N-dealkylation sites (tertiary alicyclic amines) is 1. The minimum absolute atomic E-state index is 0.0393. The van der Waals surface area contributed by atoms with E-state index in [-0.39, 0.29) is 17.8 Å². The van der Waals surface area contributed by atoms with Crippen molar-refractivity contribution in [3.63, 3.8) is 0 Å². The summed E-state index contributed by atoms with van der Waals surface area (Å²) in [6.07, 6.45) is 5.38. The van der Waals surface area contributed by atoms with Gasteiger partial charge in [0.25, 0.3) is 5.91 Å². The van der Waals surface area contributed by atoms with Gasteiger partial charge in [-0.25, -0.2) is 4.39 Å². The van der Waals surface area contributed by atoms with Crippen LogP contribution in [-0.4, -0.2) is 76.9 Å². The molecule has 38 heavy (non-hydrogen) atoms. The Morgan fingerprint density at radius 2 is 1.87 bits per heavy atom. The van der Waals surface area contributed by atoms with E-state index < -0.39 is 0 Å². The largest absolute Gasteiger partial charge is 0.493 e. The van der Waals surface area contributed by atoms with Crippen LogP contribution in [0, 0.1) is 5.82 Å².